The van der Waals surface area contributed by atoms with Gasteiger partial charge in [0.1, 0.15) is 0 Å². The van der Waals surface area contributed by atoms with Gasteiger partial charge >= 0.3 is 12.4 Å². The van der Waals surface area contributed by atoms with Crippen LogP contribution in [0.3, 0.4) is 0 Å². The average molecular weight is 584 g/mol. The van der Waals surface area contributed by atoms with Crippen molar-refractivity contribution in [2.75, 3.05) is 33.3 Å². The van der Waals surface area contributed by atoms with Gasteiger partial charge in [0.25, 0.3) is 0 Å². The smallest absolute Gasteiger partial charge is 0.372 e. The van der Waals surface area contributed by atoms with Gasteiger partial charge in [0.2, 0.25) is 5.91 Å². The maximum atomic E-state index is 13.5. The van der Waals surface area contributed by atoms with Gasteiger partial charge in [-0.2, -0.15) is 26.3 Å². The molecule has 2 saturated heterocycles. The molecule has 4 atom stereocenters. The molecule has 222 valence electrons. The highest BCUT2D eigenvalue weighted by atomic mass is 19.4. The maximum absolute atomic E-state index is 13.5. The monoisotopic (exact) mass is 583 g/mol. The van der Waals surface area contributed by atoms with Crippen LogP contribution < -0.4 is 10.7 Å². The summed E-state index contributed by atoms with van der Waals surface area (Å²) in [4.78, 5) is 15.0. The molecule has 0 saturated carbocycles. The number of benzene rings is 2. The normalized spacial score (nSPS) is 27.5. The van der Waals surface area contributed by atoms with Gasteiger partial charge in [-0.05, 0) is 49.1 Å². The van der Waals surface area contributed by atoms with E-state index in [9.17, 15) is 31.1 Å². The minimum absolute atomic E-state index is 0.0375. The Balaban J connectivity index is 1.44. The van der Waals surface area contributed by atoms with Crippen molar-refractivity contribution in [2.24, 2.45) is 0 Å². The summed E-state index contributed by atoms with van der Waals surface area (Å²) < 4.78 is 87.0. The quantitative estimate of drug-likeness (QED) is 0.457. The molecule has 1 amide bonds. The SMILES string of the molecule is C[C@@H](OC[C@@]1(c2ccccc2)CC[C@]2(CN3C=CNN3C)CN1CC(=O)N2)c1cc(C(F)(F)F)cc(C(F)(F)F)c1. The molecule has 2 N–H and O–H groups in total. The van der Waals surface area contributed by atoms with E-state index in [2.05, 4.69) is 10.7 Å². The van der Waals surface area contributed by atoms with Crippen LogP contribution in [-0.4, -0.2) is 59.8 Å². The molecule has 0 radical (unpaired) electrons. The van der Waals surface area contributed by atoms with Crippen molar-refractivity contribution < 1.29 is 35.9 Å². The number of halogens is 6. The Hall–Kier alpha value is -3.29. The molecule has 1 unspecified atom stereocenters. The summed E-state index contributed by atoms with van der Waals surface area (Å²) in [5.41, 5.74) is -0.498. The Morgan fingerprint density at radius 2 is 1.66 bits per heavy atom. The highest BCUT2D eigenvalue weighted by Crippen LogP contribution is 2.44. The number of alkyl halides is 6. The first-order valence-electron chi connectivity index (χ1n) is 13.2. The van der Waals surface area contributed by atoms with Crippen LogP contribution in [0.2, 0.25) is 0 Å². The number of carbonyl (C=O) groups is 1. The maximum Gasteiger partial charge on any atom is 0.416 e. The third kappa shape index (κ3) is 5.88. The first-order chi connectivity index (χ1) is 19.2. The molecule has 7 nitrogen and oxygen atoms in total. The van der Waals surface area contributed by atoms with Crippen LogP contribution in [0.1, 0.15) is 48.1 Å². The van der Waals surface area contributed by atoms with Gasteiger partial charge in [0, 0.05) is 26.0 Å². The minimum atomic E-state index is -4.96. The van der Waals surface area contributed by atoms with Crippen molar-refractivity contribution in [3.05, 3.63) is 83.2 Å². The van der Waals surface area contributed by atoms with E-state index >= 15 is 0 Å². The molecule has 2 fully saturated rings. The topological polar surface area (TPSA) is 60.1 Å². The standard InChI is InChI=1S/C28H31F6N5O2/c1-19(20-12-22(27(29,30)31)14-23(13-20)28(32,33)34)41-18-26(21-6-4-3-5-7-21)9-8-25(16-38(26)15-24(40)36-25)17-39-11-10-35-37(39)2/h3-7,10-14,19,35H,8-9,15-18H2,1-2H3,(H,36,40)/t19-,25-,26-/m1/s1. The summed E-state index contributed by atoms with van der Waals surface area (Å²) in [6.45, 7) is 2.45. The highest BCUT2D eigenvalue weighted by molar-refractivity contribution is 5.80. The number of piperidine rings is 1. The van der Waals surface area contributed by atoms with Gasteiger partial charge in [0.15, 0.2) is 0 Å². The van der Waals surface area contributed by atoms with Crippen LogP contribution in [0.15, 0.2) is 60.9 Å². The van der Waals surface area contributed by atoms with Crippen molar-refractivity contribution in [2.45, 2.75) is 49.3 Å². The number of hydrazine groups is 2. The van der Waals surface area contributed by atoms with Crippen molar-refractivity contribution in [3.8, 4) is 0 Å². The second kappa shape index (κ2) is 10.5. The van der Waals surface area contributed by atoms with Crippen molar-refractivity contribution in [1.29, 1.82) is 0 Å². The summed E-state index contributed by atoms with van der Waals surface area (Å²) >= 11 is 0. The second-order valence-electron chi connectivity index (χ2n) is 10.9. The molecule has 2 aromatic rings. The molecule has 0 spiro atoms. The zero-order valence-corrected chi connectivity index (χ0v) is 22.5. The van der Waals surface area contributed by atoms with Crippen LogP contribution in [0, 0.1) is 0 Å². The van der Waals surface area contributed by atoms with E-state index in [1.165, 1.54) is 6.92 Å². The third-order valence-electron chi connectivity index (χ3n) is 8.18. The largest absolute Gasteiger partial charge is 0.416 e. The lowest BCUT2D eigenvalue weighted by Crippen LogP contribution is -2.74. The van der Waals surface area contributed by atoms with E-state index in [0.29, 0.717) is 38.1 Å². The fourth-order valence-electron chi connectivity index (χ4n) is 5.95. The van der Waals surface area contributed by atoms with Crippen LogP contribution in [0.4, 0.5) is 26.3 Å². The Bertz CT molecular complexity index is 1270. The van der Waals surface area contributed by atoms with Crippen LogP contribution in [0.25, 0.3) is 0 Å². The number of nitrogens with one attached hydrogen (secondary N) is 2. The van der Waals surface area contributed by atoms with E-state index in [0.717, 1.165) is 5.56 Å². The van der Waals surface area contributed by atoms with Gasteiger partial charge in [-0.25, -0.2) is 0 Å². The number of hydrogen-bond donors (Lipinski definition) is 2. The molecule has 5 rings (SSSR count). The molecular formula is C28H31F6N5O2. The van der Waals surface area contributed by atoms with Gasteiger partial charge in [-0.15, -0.1) is 5.12 Å². The fourth-order valence-corrected chi connectivity index (χ4v) is 5.95. The number of ether oxygens (including phenoxy) is 1. The van der Waals surface area contributed by atoms with Gasteiger partial charge in [-0.1, -0.05) is 30.3 Å². The molecule has 41 heavy (non-hydrogen) atoms. The summed E-state index contributed by atoms with van der Waals surface area (Å²) in [5.74, 6) is -0.171. The number of fused-ring (bicyclic) bond motifs is 2. The van der Waals surface area contributed by atoms with Crippen molar-refractivity contribution in [3.63, 3.8) is 0 Å². The zero-order valence-electron chi connectivity index (χ0n) is 22.5. The van der Waals surface area contributed by atoms with E-state index < -0.39 is 40.7 Å². The fraction of sp³-hybridized carbons (Fsp3) is 0.464. The third-order valence-corrected chi connectivity index (χ3v) is 8.18. The number of nitrogens with zero attached hydrogens (tertiary/aromatic N) is 3. The van der Waals surface area contributed by atoms with E-state index in [4.69, 9.17) is 4.74 Å². The average Bonchev–Trinajstić information content (AvgIpc) is 3.31. The van der Waals surface area contributed by atoms with Gasteiger partial charge in [-0.3, -0.25) is 14.7 Å². The Morgan fingerprint density at radius 1 is 1.00 bits per heavy atom. The van der Waals surface area contributed by atoms with E-state index in [1.807, 2.05) is 53.5 Å². The first-order valence-corrected chi connectivity index (χ1v) is 13.2. The minimum Gasteiger partial charge on any atom is -0.372 e. The zero-order chi connectivity index (χ0) is 29.6. The molecule has 3 aliphatic rings. The van der Waals surface area contributed by atoms with Crippen molar-refractivity contribution >= 4 is 5.91 Å². The predicted octanol–water partition coefficient (Wildman–Crippen LogP) is 4.80. The molecule has 13 heteroatoms. The van der Waals surface area contributed by atoms with Crippen molar-refractivity contribution in [1.82, 2.24) is 25.8 Å². The lowest BCUT2D eigenvalue weighted by Gasteiger charge is -2.57. The Labute approximate surface area is 233 Å². The van der Waals surface area contributed by atoms with E-state index in [-0.39, 0.29) is 30.7 Å². The lowest BCUT2D eigenvalue weighted by atomic mass is 9.73. The van der Waals surface area contributed by atoms with Gasteiger partial charge < -0.3 is 15.5 Å². The number of hydrogen-bond acceptors (Lipinski definition) is 6. The molecule has 3 aliphatic heterocycles. The predicted molar refractivity (Wildman–Crippen MR) is 137 cm³/mol. The van der Waals surface area contributed by atoms with Crippen LogP contribution in [0.5, 0.6) is 0 Å². The summed E-state index contributed by atoms with van der Waals surface area (Å²) in [6.07, 6.45) is -6.24. The molecule has 0 aliphatic carbocycles. The van der Waals surface area contributed by atoms with Crippen LogP contribution in [-0.2, 0) is 27.4 Å². The Morgan fingerprint density at radius 3 is 2.24 bits per heavy atom. The molecule has 0 aromatic heterocycles. The molecule has 2 bridgehead atoms. The number of amides is 1. The Kier molecular flexibility index (Phi) is 7.49. The summed E-state index contributed by atoms with van der Waals surface area (Å²) in [7, 11) is 1.85. The van der Waals surface area contributed by atoms with E-state index in [1.54, 1.807) is 11.3 Å². The number of rotatable bonds is 7. The highest BCUT2D eigenvalue weighted by Gasteiger charge is 2.53. The second-order valence-corrected chi connectivity index (χ2v) is 10.9. The molecule has 2 aromatic carbocycles. The summed E-state index contributed by atoms with van der Waals surface area (Å²) in [6, 6.07) is 10.9. The van der Waals surface area contributed by atoms with Crippen LogP contribution >= 0.6 is 0 Å². The first kappa shape index (κ1) is 29.2. The lowest BCUT2D eigenvalue weighted by molar-refractivity contribution is -0.147. The number of carbonyl (C=O) groups excluding carboxylic acids is 1. The summed E-state index contributed by atoms with van der Waals surface area (Å²) in [5, 5.41) is 6.91. The molecular weight excluding hydrogens is 552 g/mol. The number of piperazine rings is 1. The molecule has 3 heterocycles. The van der Waals surface area contributed by atoms with Gasteiger partial charge in [0.05, 0.1) is 48.0 Å².